The standard InChI is InChI=1S/C18H29N3O.ClH/c1-14-10-16(11-15(2)18(14)22-3)12-20-7-4-17(13-20)21-8-5-19-6-9-21;/h10-11,17,19H,4-9,12-13H2,1-3H3;1H. The largest absolute Gasteiger partial charge is 0.496 e. The van der Waals surface area contributed by atoms with Crippen molar-refractivity contribution in [1.82, 2.24) is 15.1 Å². The zero-order valence-corrected chi connectivity index (χ0v) is 15.4. The van der Waals surface area contributed by atoms with Gasteiger partial charge in [-0.15, -0.1) is 12.4 Å². The van der Waals surface area contributed by atoms with Crippen LogP contribution in [0.15, 0.2) is 12.1 Å². The molecule has 3 rings (SSSR count). The third-order valence-corrected chi connectivity index (χ3v) is 5.05. The number of hydrogen-bond acceptors (Lipinski definition) is 4. The lowest BCUT2D eigenvalue weighted by Crippen LogP contribution is -2.49. The molecule has 2 aliphatic rings. The second kappa shape index (κ2) is 8.34. The number of ether oxygens (including phenoxy) is 1. The summed E-state index contributed by atoms with van der Waals surface area (Å²) in [6.45, 7) is 12.5. The Morgan fingerprint density at radius 3 is 2.39 bits per heavy atom. The Labute approximate surface area is 146 Å². The summed E-state index contributed by atoms with van der Waals surface area (Å²) >= 11 is 0. The van der Waals surface area contributed by atoms with Gasteiger partial charge in [-0.2, -0.15) is 0 Å². The summed E-state index contributed by atoms with van der Waals surface area (Å²) in [6.07, 6.45) is 1.31. The fourth-order valence-corrected chi connectivity index (χ4v) is 4.01. The summed E-state index contributed by atoms with van der Waals surface area (Å²) in [5, 5.41) is 3.45. The van der Waals surface area contributed by atoms with Crippen molar-refractivity contribution in [2.24, 2.45) is 0 Å². The van der Waals surface area contributed by atoms with E-state index in [2.05, 4.69) is 41.1 Å². The number of halogens is 1. The van der Waals surface area contributed by atoms with Gasteiger partial charge in [0.15, 0.2) is 0 Å². The van der Waals surface area contributed by atoms with Crippen LogP contribution in [0.4, 0.5) is 0 Å². The quantitative estimate of drug-likeness (QED) is 0.910. The molecule has 1 N–H and O–H groups in total. The van der Waals surface area contributed by atoms with Gasteiger partial charge in [0.05, 0.1) is 7.11 Å². The minimum atomic E-state index is 0. The molecule has 1 aromatic carbocycles. The van der Waals surface area contributed by atoms with E-state index in [1.807, 2.05) is 0 Å². The van der Waals surface area contributed by atoms with E-state index in [9.17, 15) is 0 Å². The molecular formula is C18H30ClN3O. The van der Waals surface area contributed by atoms with Crippen LogP contribution in [-0.4, -0.2) is 62.2 Å². The van der Waals surface area contributed by atoms with Gasteiger partial charge in [0, 0.05) is 51.9 Å². The van der Waals surface area contributed by atoms with Gasteiger partial charge in [-0.05, 0) is 37.0 Å². The molecule has 130 valence electrons. The second-order valence-electron chi connectivity index (χ2n) is 6.73. The molecule has 5 heteroatoms. The summed E-state index contributed by atoms with van der Waals surface area (Å²) in [7, 11) is 1.76. The van der Waals surface area contributed by atoms with Gasteiger partial charge in [-0.1, -0.05) is 12.1 Å². The van der Waals surface area contributed by atoms with Crippen LogP contribution < -0.4 is 10.1 Å². The third-order valence-electron chi connectivity index (χ3n) is 5.05. The van der Waals surface area contributed by atoms with E-state index in [0.717, 1.165) is 31.4 Å². The summed E-state index contributed by atoms with van der Waals surface area (Å²) < 4.78 is 5.47. The molecule has 0 amide bonds. The lowest BCUT2D eigenvalue weighted by Gasteiger charge is -2.32. The molecule has 2 aliphatic heterocycles. The van der Waals surface area contributed by atoms with Crippen molar-refractivity contribution >= 4 is 12.4 Å². The monoisotopic (exact) mass is 339 g/mol. The number of nitrogens with zero attached hydrogens (tertiary/aromatic N) is 2. The average molecular weight is 340 g/mol. The fraction of sp³-hybridized carbons (Fsp3) is 0.667. The lowest BCUT2D eigenvalue weighted by molar-refractivity contribution is 0.170. The summed E-state index contributed by atoms with van der Waals surface area (Å²) in [4.78, 5) is 5.27. The van der Waals surface area contributed by atoms with E-state index in [4.69, 9.17) is 4.74 Å². The Kier molecular flexibility index (Phi) is 6.72. The highest BCUT2D eigenvalue weighted by Crippen LogP contribution is 2.26. The Morgan fingerprint density at radius 1 is 1.13 bits per heavy atom. The lowest BCUT2D eigenvalue weighted by atomic mass is 10.1. The molecule has 1 unspecified atom stereocenters. The molecule has 2 fully saturated rings. The number of aryl methyl sites for hydroxylation is 2. The number of benzene rings is 1. The Balaban J connectivity index is 0.00000192. The highest BCUT2D eigenvalue weighted by molar-refractivity contribution is 5.85. The van der Waals surface area contributed by atoms with Crippen molar-refractivity contribution in [2.75, 3.05) is 46.4 Å². The second-order valence-corrected chi connectivity index (χ2v) is 6.73. The van der Waals surface area contributed by atoms with Gasteiger partial charge in [-0.3, -0.25) is 9.80 Å². The smallest absolute Gasteiger partial charge is 0.124 e. The molecule has 1 aromatic rings. The zero-order chi connectivity index (χ0) is 15.5. The SMILES string of the molecule is COc1c(C)cc(CN2CCC(N3CCNCC3)C2)cc1C.Cl. The van der Waals surface area contributed by atoms with E-state index in [0.29, 0.717) is 0 Å². The summed E-state index contributed by atoms with van der Waals surface area (Å²) in [6, 6.07) is 5.32. The van der Waals surface area contributed by atoms with Gasteiger partial charge in [0.1, 0.15) is 5.75 Å². The number of piperazine rings is 1. The van der Waals surface area contributed by atoms with Crippen LogP contribution in [0.1, 0.15) is 23.1 Å². The van der Waals surface area contributed by atoms with Crippen molar-refractivity contribution in [1.29, 1.82) is 0 Å². The van der Waals surface area contributed by atoms with Crippen LogP contribution in [0.3, 0.4) is 0 Å². The van der Waals surface area contributed by atoms with Crippen molar-refractivity contribution in [3.8, 4) is 5.75 Å². The van der Waals surface area contributed by atoms with Crippen molar-refractivity contribution < 1.29 is 4.74 Å². The topological polar surface area (TPSA) is 27.7 Å². The fourth-order valence-electron chi connectivity index (χ4n) is 4.01. The first-order valence-corrected chi connectivity index (χ1v) is 8.48. The van der Waals surface area contributed by atoms with Crippen LogP contribution >= 0.6 is 12.4 Å². The number of likely N-dealkylation sites (tertiary alicyclic amines) is 1. The predicted molar refractivity (Wildman–Crippen MR) is 97.8 cm³/mol. The number of methoxy groups -OCH3 is 1. The predicted octanol–water partition coefficient (Wildman–Crippen LogP) is 2.21. The maximum absolute atomic E-state index is 5.47. The Bertz CT molecular complexity index is 494. The van der Waals surface area contributed by atoms with E-state index < -0.39 is 0 Å². The van der Waals surface area contributed by atoms with Crippen LogP contribution in [-0.2, 0) is 6.54 Å². The molecule has 0 aromatic heterocycles. The highest BCUT2D eigenvalue weighted by atomic mass is 35.5. The van der Waals surface area contributed by atoms with Crippen LogP contribution in [0.5, 0.6) is 5.75 Å². The van der Waals surface area contributed by atoms with Gasteiger partial charge < -0.3 is 10.1 Å². The van der Waals surface area contributed by atoms with Crippen LogP contribution in [0, 0.1) is 13.8 Å². The van der Waals surface area contributed by atoms with Crippen molar-refractivity contribution in [3.05, 3.63) is 28.8 Å². The normalized spacial score (nSPS) is 22.8. The third kappa shape index (κ3) is 4.38. The minimum absolute atomic E-state index is 0. The molecule has 2 heterocycles. The van der Waals surface area contributed by atoms with E-state index in [-0.39, 0.29) is 12.4 Å². The first kappa shape index (κ1) is 18.5. The van der Waals surface area contributed by atoms with E-state index in [1.165, 1.54) is 49.3 Å². The number of rotatable bonds is 4. The van der Waals surface area contributed by atoms with Crippen molar-refractivity contribution in [2.45, 2.75) is 32.9 Å². The molecule has 0 aliphatic carbocycles. The van der Waals surface area contributed by atoms with E-state index in [1.54, 1.807) is 7.11 Å². The molecule has 2 saturated heterocycles. The Morgan fingerprint density at radius 2 is 1.78 bits per heavy atom. The van der Waals surface area contributed by atoms with E-state index >= 15 is 0 Å². The van der Waals surface area contributed by atoms with Crippen LogP contribution in [0.2, 0.25) is 0 Å². The highest BCUT2D eigenvalue weighted by Gasteiger charge is 2.28. The molecule has 0 spiro atoms. The van der Waals surface area contributed by atoms with Gasteiger partial charge >= 0.3 is 0 Å². The number of nitrogens with one attached hydrogen (secondary N) is 1. The summed E-state index contributed by atoms with van der Waals surface area (Å²) in [5.41, 5.74) is 3.91. The van der Waals surface area contributed by atoms with Gasteiger partial charge in [0.25, 0.3) is 0 Å². The minimum Gasteiger partial charge on any atom is -0.496 e. The van der Waals surface area contributed by atoms with Gasteiger partial charge in [-0.25, -0.2) is 0 Å². The Hall–Kier alpha value is -0.810. The van der Waals surface area contributed by atoms with Crippen LogP contribution in [0.25, 0.3) is 0 Å². The zero-order valence-electron chi connectivity index (χ0n) is 14.6. The maximum atomic E-state index is 5.47. The molecule has 23 heavy (non-hydrogen) atoms. The molecule has 0 bridgehead atoms. The molecule has 1 atom stereocenters. The first-order chi connectivity index (χ1) is 10.7. The molecule has 0 saturated carbocycles. The number of hydrogen-bond donors (Lipinski definition) is 1. The molecule has 0 radical (unpaired) electrons. The maximum Gasteiger partial charge on any atom is 0.124 e. The van der Waals surface area contributed by atoms with Gasteiger partial charge in [0.2, 0.25) is 0 Å². The van der Waals surface area contributed by atoms with Crippen molar-refractivity contribution in [3.63, 3.8) is 0 Å². The first-order valence-electron chi connectivity index (χ1n) is 8.48. The average Bonchev–Trinajstić information content (AvgIpc) is 2.96. The summed E-state index contributed by atoms with van der Waals surface area (Å²) in [5.74, 6) is 1.03. The molecular weight excluding hydrogens is 310 g/mol. The molecule has 4 nitrogen and oxygen atoms in total.